The minimum atomic E-state index is -0.487. The number of pyridine rings is 1. The fourth-order valence-electron chi connectivity index (χ4n) is 2.93. The lowest BCUT2D eigenvalue weighted by atomic mass is 10.2. The molecule has 0 spiro atoms. The first kappa shape index (κ1) is 21.3. The third-order valence-corrected chi connectivity index (χ3v) is 4.46. The van der Waals surface area contributed by atoms with E-state index < -0.39 is 4.92 Å². The van der Waals surface area contributed by atoms with E-state index in [0.29, 0.717) is 42.8 Å². The number of carbonyl (C=O) groups excluding carboxylic acids is 1. The summed E-state index contributed by atoms with van der Waals surface area (Å²) in [6, 6.07) is 7.28. The molecule has 2 aromatic rings. The lowest BCUT2D eigenvalue weighted by Crippen LogP contribution is -2.42. The van der Waals surface area contributed by atoms with Crippen molar-refractivity contribution in [3.8, 4) is 11.5 Å². The SMILES string of the molecule is CNc1ccc(Oc2ccnc(NC(=O)NCCN3CCOCC3)c2)cc1[N+](=O)[O-]. The number of nitrogens with zero attached hydrogens (tertiary/aromatic N) is 3. The summed E-state index contributed by atoms with van der Waals surface area (Å²) in [6.45, 7) is 4.39. The van der Waals surface area contributed by atoms with Gasteiger partial charge in [-0.3, -0.25) is 20.3 Å². The van der Waals surface area contributed by atoms with Crippen LogP contribution in [0.25, 0.3) is 0 Å². The van der Waals surface area contributed by atoms with Gasteiger partial charge in [-0.05, 0) is 18.2 Å². The first-order valence-electron chi connectivity index (χ1n) is 9.50. The number of urea groups is 1. The van der Waals surface area contributed by atoms with Crippen LogP contribution in [0.15, 0.2) is 36.5 Å². The Balaban J connectivity index is 1.54. The minimum absolute atomic E-state index is 0.0953. The number of ether oxygens (including phenoxy) is 2. The van der Waals surface area contributed by atoms with Crippen molar-refractivity contribution in [3.63, 3.8) is 0 Å². The molecule has 1 fully saturated rings. The maximum Gasteiger partial charge on any atom is 0.320 e. The van der Waals surface area contributed by atoms with E-state index in [4.69, 9.17) is 9.47 Å². The molecule has 1 saturated heterocycles. The molecule has 1 aromatic carbocycles. The summed E-state index contributed by atoms with van der Waals surface area (Å²) >= 11 is 0. The van der Waals surface area contributed by atoms with E-state index in [1.807, 2.05) is 0 Å². The molecule has 1 aliphatic heterocycles. The van der Waals surface area contributed by atoms with Gasteiger partial charge in [-0.1, -0.05) is 0 Å². The Morgan fingerprint density at radius 1 is 1.27 bits per heavy atom. The zero-order valence-corrected chi connectivity index (χ0v) is 16.6. The number of hydrogen-bond donors (Lipinski definition) is 3. The summed E-state index contributed by atoms with van der Waals surface area (Å²) < 4.78 is 11.0. The molecular weight excluding hydrogens is 392 g/mol. The number of nitro benzene ring substituents is 1. The number of benzene rings is 1. The second-order valence-electron chi connectivity index (χ2n) is 6.50. The van der Waals surface area contributed by atoms with Crippen LogP contribution in [-0.2, 0) is 4.74 Å². The zero-order valence-electron chi connectivity index (χ0n) is 16.6. The van der Waals surface area contributed by atoms with Crippen LogP contribution >= 0.6 is 0 Å². The van der Waals surface area contributed by atoms with Crippen LogP contribution in [0.4, 0.5) is 22.0 Å². The Bertz CT molecular complexity index is 887. The van der Waals surface area contributed by atoms with Crippen molar-refractivity contribution in [2.24, 2.45) is 0 Å². The van der Waals surface area contributed by atoms with Crippen molar-refractivity contribution in [2.75, 3.05) is 57.1 Å². The Hall–Kier alpha value is -3.44. The lowest BCUT2D eigenvalue weighted by Gasteiger charge is -2.26. The number of carbonyl (C=O) groups is 1. The molecule has 11 nitrogen and oxygen atoms in total. The molecule has 3 rings (SSSR count). The number of anilines is 2. The van der Waals surface area contributed by atoms with Crippen LogP contribution in [0.2, 0.25) is 0 Å². The van der Waals surface area contributed by atoms with Gasteiger partial charge in [0.15, 0.2) is 0 Å². The number of morpholine rings is 1. The van der Waals surface area contributed by atoms with E-state index in [2.05, 4.69) is 25.8 Å². The molecule has 0 atom stereocenters. The first-order chi connectivity index (χ1) is 14.5. The van der Waals surface area contributed by atoms with Crippen molar-refractivity contribution in [1.82, 2.24) is 15.2 Å². The van der Waals surface area contributed by atoms with Gasteiger partial charge in [0.2, 0.25) is 0 Å². The summed E-state index contributed by atoms with van der Waals surface area (Å²) in [7, 11) is 1.61. The molecule has 0 radical (unpaired) electrons. The van der Waals surface area contributed by atoms with E-state index >= 15 is 0 Å². The van der Waals surface area contributed by atoms with Gasteiger partial charge < -0.3 is 20.1 Å². The number of hydrogen-bond acceptors (Lipinski definition) is 8. The first-order valence-corrected chi connectivity index (χ1v) is 9.50. The molecule has 30 heavy (non-hydrogen) atoms. The van der Waals surface area contributed by atoms with E-state index in [9.17, 15) is 14.9 Å². The highest BCUT2D eigenvalue weighted by Gasteiger charge is 2.15. The molecule has 3 N–H and O–H groups in total. The van der Waals surface area contributed by atoms with Gasteiger partial charge >= 0.3 is 6.03 Å². The maximum atomic E-state index is 12.1. The molecule has 0 saturated carbocycles. The summed E-state index contributed by atoms with van der Waals surface area (Å²) in [4.78, 5) is 29.1. The van der Waals surface area contributed by atoms with Gasteiger partial charge in [0.05, 0.1) is 24.2 Å². The molecule has 1 aliphatic rings. The van der Waals surface area contributed by atoms with Crippen molar-refractivity contribution < 1.29 is 19.2 Å². The number of amides is 2. The highest BCUT2D eigenvalue weighted by molar-refractivity contribution is 5.88. The third kappa shape index (κ3) is 6.03. The van der Waals surface area contributed by atoms with E-state index in [1.165, 1.54) is 12.3 Å². The van der Waals surface area contributed by atoms with Gasteiger partial charge in [0, 0.05) is 45.5 Å². The standard InChI is InChI=1S/C19H24N6O5/c1-20-16-3-2-14(12-17(16)25(27)28)30-15-4-5-21-18(13-15)23-19(26)22-6-7-24-8-10-29-11-9-24/h2-5,12-13,20H,6-11H2,1H3,(H2,21,22,23,26). The Morgan fingerprint density at radius 2 is 2.03 bits per heavy atom. The number of nitro groups is 1. The second kappa shape index (κ2) is 10.4. The van der Waals surface area contributed by atoms with Gasteiger partial charge in [0.25, 0.3) is 5.69 Å². The summed E-state index contributed by atoms with van der Waals surface area (Å²) in [5.74, 6) is 0.991. The zero-order chi connectivity index (χ0) is 21.3. The van der Waals surface area contributed by atoms with Crippen LogP contribution in [0.5, 0.6) is 11.5 Å². The summed E-state index contributed by atoms with van der Waals surface area (Å²) in [5.41, 5.74) is 0.292. The van der Waals surface area contributed by atoms with Gasteiger partial charge in [-0.25, -0.2) is 9.78 Å². The van der Waals surface area contributed by atoms with E-state index in [0.717, 1.165) is 19.6 Å². The average molecular weight is 416 g/mol. The highest BCUT2D eigenvalue weighted by atomic mass is 16.6. The number of nitrogens with one attached hydrogen (secondary N) is 3. The molecule has 11 heteroatoms. The maximum absolute atomic E-state index is 12.1. The van der Waals surface area contributed by atoms with Crippen molar-refractivity contribution in [3.05, 3.63) is 46.6 Å². The van der Waals surface area contributed by atoms with Gasteiger partial charge in [-0.2, -0.15) is 0 Å². The Kier molecular flexibility index (Phi) is 7.35. The Morgan fingerprint density at radius 3 is 2.77 bits per heavy atom. The molecule has 0 unspecified atom stereocenters. The monoisotopic (exact) mass is 416 g/mol. The number of aromatic nitrogens is 1. The fraction of sp³-hybridized carbons (Fsp3) is 0.368. The second-order valence-corrected chi connectivity index (χ2v) is 6.50. The van der Waals surface area contributed by atoms with Crippen molar-refractivity contribution in [1.29, 1.82) is 0 Å². The van der Waals surface area contributed by atoms with Gasteiger partial charge in [0.1, 0.15) is 23.0 Å². The molecule has 1 aromatic heterocycles. The highest BCUT2D eigenvalue weighted by Crippen LogP contribution is 2.31. The van der Waals surface area contributed by atoms with Crippen LogP contribution in [-0.4, -0.2) is 67.3 Å². The van der Waals surface area contributed by atoms with Crippen LogP contribution < -0.4 is 20.7 Å². The van der Waals surface area contributed by atoms with E-state index in [1.54, 1.807) is 31.3 Å². The molecule has 0 aliphatic carbocycles. The topological polar surface area (TPSA) is 131 Å². The predicted octanol–water partition coefficient (Wildman–Crippen LogP) is 2.28. The van der Waals surface area contributed by atoms with Crippen LogP contribution in [0, 0.1) is 10.1 Å². The van der Waals surface area contributed by atoms with Crippen LogP contribution in [0.3, 0.4) is 0 Å². The smallest absolute Gasteiger partial charge is 0.320 e. The van der Waals surface area contributed by atoms with Gasteiger partial charge in [-0.15, -0.1) is 0 Å². The average Bonchev–Trinajstić information content (AvgIpc) is 2.74. The molecule has 2 amide bonds. The lowest BCUT2D eigenvalue weighted by molar-refractivity contribution is -0.384. The normalized spacial score (nSPS) is 14.0. The summed E-state index contributed by atoms with van der Waals surface area (Å²) in [5, 5.41) is 19.4. The van der Waals surface area contributed by atoms with Crippen molar-refractivity contribution in [2.45, 2.75) is 0 Å². The Labute approximate surface area is 173 Å². The minimum Gasteiger partial charge on any atom is -0.457 e. The third-order valence-electron chi connectivity index (χ3n) is 4.46. The largest absolute Gasteiger partial charge is 0.457 e. The molecule has 2 heterocycles. The fourth-order valence-corrected chi connectivity index (χ4v) is 2.93. The van der Waals surface area contributed by atoms with Crippen LogP contribution in [0.1, 0.15) is 0 Å². The summed E-state index contributed by atoms with van der Waals surface area (Å²) in [6.07, 6.45) is 1.48. The van der Waals surface area contributed by atoms with Crippen molar-refractivity contribution >= 4 is 23.2 Å². The molecular formula is C19H24N6O5. The molecule has 160 valence electrons. The predicted molar refractivity (Wildman–Crippen MR) is 111 cm³/mol. The quantitative estimate of drug-likeness (QED) is 0.441. The number of rotatable bonds is 8. The molecule has 0 bridgehead atoms. The van der Waals surface area contributed by atoms with E-state index in [-0.39, 0.29) is 11.7 Å².